The number of hydrogen-bond donors (Lipinski definition) is 4. The molecule has 88 valence electrons. The number of halogens is 2. The highest BCUT2D eigenvalue weighted by Crippen LogP contribution is 2.30. The number of aliphatic carboxylic acids is 1. The molecule has 0 amide bonds. The van der Waals surface area contributed by atoms with Gasteiger partial charge in [0.05, 0.1) is 0 Å². The number of benzene rings is 1. The van der Waals surface area contributed by atoms with Crippen molar-refractivity contribution in [1.29, 1.82) is 0 Å². The van der Waals surface area contributed by atoms with Crippen molar-refractivity contribution in [3.63, 3.8) is 0 Å². The molecule has 0 aliphatic carbocycles. The van der Waals surface area contributed by atoms with Crippen LogP contribution in [0.25, 0.3) is 0 Å². The molecule has 0 aliphatic heterocycles. The van der Waals surface area contributed by atoms with Gasteiger partial charge in [0.15, 0.2) is 23.1 Å². The Kier molecular flexibility index (Phi) is 3.28. The van der Waals surface area contributed by atoms with Crippen LogP contribution in [-0.4, -0.2) is 27.3 Å². The van der Waals surface area contributed by atoms with Crippen molar-refractivity contribution in [2.24, 2.45) is 5.73 Å². The Balaban J connectivity index is 3.17. The van der Waals surface area contributed by atoms with Crippen LogP contribution in [0.5, 0.6) is 11.5 Å². The molecule has 0 radical (unpaired) electrons. The first-order valence-corrected chi connectivity index (χ1v) is 4.21. The summed E-state index contributed by atoms with van der Waals surface area (Å²) in [4.78, 5) is 10.4. The highest BCUT2D eigenvalue weighted by Gasteiger charge is 2.22. The summed E-state index contributed by atoms with van der Waals surface area (Å²) in [5, 5.41) is 26.4. The average molecular weight is 233 g/mol. The predicted molar refractivity (Wildman–Crippen MR) is 49.0 cm³/mol. The summed E-state index contributed by atoms with van der Waals surface area (Å²) in [6.07, 6.45) is -0.672. The molecule has 5 nitrogen and oxygen atoms in total. The smallest absolute Gasteiger partial charge is 0.320 e. The zero-order valence-electron chi connectivity index (χ0n) is 7.94. The largest absolute Gasteiger partial charge is 0.505 e. The fourth-order valence-electron chi connectivity index (χ4n) is 1.15. The third kappa shape index (κ3) is 2.19. The van der Waals surface area contributed by atoms with E-state index in [1.807, 2.05) is 0 Å². The Morgan fingerprint density at radius 1 is 1.31 bits per heavy atom. The molecule has 0 aromatic heterocycles. The number of nitrogens with two attached hydrogens (primary N) is 1. The second kappa shape index (κ2) is 4.31. The van der Waals surface area contributed by atoms with E-state index in [1.165, 1.54) is 0 Å². The molecular formula is C9H9F2NO4. The van der Waals surface area contributed by atoms with Gasteiger partial charge in [0.25, 0.3) is 0 Å². The molecule has 0 spiro atoms. The summed E-state index contributed by atoms with van der Waals surface area (Å²) in [6, 6.07) is -1.04. The van der Waals surface area contributed by atoms with Crippen molar-refractivity contribution in [1.82, 2.24) is 0 Å². The topological polar surface area (TPSA) is 104 Å². The Bertz CT molecular complexity index is 410. The molecule has 16 heavy (non-hydrogen) atoms. The van der Waals surface area contributed by atoms with Crippen molar-refractivity contribution < 1.29 is 28.9 Å². The summed E-state index contributed by atoms with van der Waals surface area (Å²) in [5.41, 5.74) is 4.33. The van der Waals surface area contributed by atoms with Crippen LogP contribution in [0.15, 0.2) is 6.07 Å². The van der Waals surface area contributed by atoms with Gasteiger partial charge >= 0.3 is 5.97 Å². The van der Waals surface area contributed by atoms with Gasteiger partial charge < -0.3 is 21.1 Å². The Hall–Kier alpha value is -1.89. The van der Waals surface area contributed by atoms with E-state index in [4.69, 9.17) is 21.1 Å². The lowest BCUT2D eigenvalue weighted by atomic mass is 10.0. The molecule has 1 atom stereocenters. The fraction of sp³-hybridized carbons (Fsp3) is 0.222. The summed E-state index contributed by atoms with van der Waals surface area (Å²) in [5.74, 6) is -6.03. The number of aromatic hydroxyl groups is 2. The number of carboxylic acid groups (broad SMARTS) is 1. The highest BCUT2D eigenvalue weighted by atomic mass is 19.1. The molecule has 0 aliphatic rings. The van der Waals surface area contributed by atoms with Crippen molar-refractivity contribution >= 4 is 5.97 Å². The van der Waals surface area contributed by atoms with Gasteiger partial charge in [0.1, 0.15) is 6.04 Å². The SMILES string of the molecule is NC(Cc1c(F)c(O)cc(O)c1F)C(=O)O. The Morgan fingerprint density at radius 3 is 2.12 bits per heavy atom. The van der Waals surface area contributed by atoms with Gasteiger partial charge in [-0.2, -0.15) is 0 Å². The molecule has 0 saturated carbocycles. The van der Waals surface area contributed by atoms with Gasteiger partial charge in [0, 0.05) is 18.1 Å². The van der Waals surface area contributed by atoms with Crippen LogP contribution in [0.1, 0.15) is 5.56 Å². The molecule has 1 unspecified atom stereocenters. The summed E-state index contributed by atoms with van der Waals surface area (Å²) in [7, 11) is 0. The van der Waals surface area contributed by atoms with Gasteiger partial charge in [-0.25, -0.2) is 8.78 Å². The quantitative estimate of drug-likeness (QED) is 0.602. The van der Waals surface area contributed by atoms with Crippen LogP contribution in [0.2, 0.25) is 0 Å². The van der Waals surface area contributed by atoms with Crippen molar-refractivity contribution in [3.05, 3.63) is 23.3 Å². The van der Waals surface area contributed by atoms with E-state index >= 15 is 0 Å². The zero-order valence-corrected chi connectivity index (χ0v) is 7.94. The first-order valence-electron chi connectivity index (χ1n) is 4.21. The minimum atomic E-state index is -1.52. The normalized spacial score (nSPS) is 12.4. The fourth-order valence-corrected chi connectivity index (χ4v) is 1.15. The number of phenols is 2. The number of carbonyl (C=O) groups is 1. The summed E-state index contributed by atoms with van der Waals surface area (Å²) < 4.78 is 26.4. The monoisotopic (exact) mass is 233 g/mol. The van der Waals surface area contributed by atoms with E-state index in [-0.39, 0.29) is 0 Å². The average Bonchev–Trinajstić information content (AvgIpc) is 2.21. The third-order valence-corrected chi connectivity index (χ3v) is 1.99. The molecule has 0 heterocycles. The van der Waals surface area contributed by atoms with Crippen LogP contribution in [-0.2, 0) is 11.2 Å². The maximum absolute atomic E-state index is 13.2. The second-order valence-corrected chi connectivity index (χ2v) is 3.17. The number of carboxylic acids is 1. The van der Waals surface area contributed by atoms with Gasteiger partial charge in [-0.15, -0.1) is 0 Å². The summed E-state index contributed by atoms with van der Waals surface area (Å²) >= 11 is 0. The van der Waals surface area contributed by atoms with Crippen molar-refractivity contribution in [3.8, 4) is 11.5 Å². The lowest BCUT2D eigenvalue weighted by Crippen LogP contribution is -2.32. The maximum Gasteiger partial charge on any atom is 0.320 e. The van der Waals surface area contributed by atoms with Gasteiger partial charge in [-0.3, -0.25) is 4.79 Å². The lowest BCUT2D eigenvalue weighted by molar-refractivity contribution is -0.138. The molecule has 7 heteroatoms. The molecule has 5 N–H and O–H groups in total. The molecular weight excluding hydrogens is 224 g/mol. The first-order chi connectivity index (χ1) is 7.34. The minimum absolute atomic E-state index is 0.487. The zero-order chi connectivity index (χ0) is 12.5. The van der Waals surface area contributed by atoms with Crippen LogP contribution < -0.4 is 5.73 Å². The maximum atomic E-state index is 13.2. The van der Waals surface area contributed by atoms with Crippen molar-refractivity contribution in [2.75, 3.05) is 0 Å². The number of phenolic OH excluding ortho intramolecular Hbond substituents is 2. The third-order valence-electron chi connectivity index (χ3n) is 1.99. The van der Waals surface area contributed by atoms with Crippen LogP contribution in [0.3, 0.4) is 0 Å². The standard InChI is InChI=1S/C9H9F2NO4/c10-7-3(1-4(12)9(15)16)8(11)6(14)2-5(7)13/h2,4,13-14H,1,12H2,(H,15,16). The Labute approximate surface area is 88.7 Å². The van der Waals surface area contributed by atoms with E-state index in [0.717, 1.165) is 0 Å². The van der Waals surface area contributed by atoms with Crippen LogP contribution in [0.4, 0.5) is 8.78 Å². The second-order valence-electron chi connectivity index (χ2n) is 3.17. The van der Waals surface area contributed by atoms with Crippen LogP contribution >= 0.6 is 0 Å². The van der Waals surface area contributed by atoms with E-state index in [2.05, 4.69) is 0 Å². The lowest BCUT2D eigenvalue weighted by Gasteiger charge is -2.10. The summed E-state index contributed by atoms with van der Waals surface area (Å²) in [6.45, 7) is 0. The van der Waals surface area contributed by atoms with Gasteiger partial charge in [-0.1, -0.05) is 0 Å². The van der Waals surface area contributed by atoms with Crippen molar-refractivity contribution in [2.45, 2.75) is 12.5 Å². The first kappa shape index (κ1) is 12.2. The van der Waals surface area contributed by atoms with E-state index in [9.17, 15) is 13.6 Å². The highest BCUT2D eigenvalue weighted by molar-refractivity contribution is 5.73. The molecule has 0 fully saturated rings. The van der Waals surface area contributed by atoms with Gasteiger partial charge in [0.2, 0.25) is 0 Å². The van der Waals surface area contributed by atoms with E-state index in [0.29, 0.717) is 6.07 Å². The number of rotatable bonds is 3. The molecule has 0 saturated heterocycles. The molecule has 1 aromatic rings. The van der Waals surface area contributed by atoms with Gasteiger partial charge in [-0.05, 0) is 0 Å². The van der Waals surface area contributed by atoms with E-state index in [1.54, 1.807) is 0 Å². The Morgan fingerprint density at radius 2 is 1.75 bits per heavy atom. The molecule has 1 aromatic carbocycles. The minimum Gasteiger partial charge on any atom is -0.505 e. The molecule has 0 bridgehead atoms. The van der Waals surface area contributed by atoms with E-state index < -0.39 is 47.1 Å². The molecule has 1 rings (SSSR count). The predicted octanol–water partition coefficient (Wildman–Crippen LogP) is 0.330. The van der Waals surface area contributed by atoms with Crippen LogP contribution in [0, 0.1) is 11.6 Å². The number of hydrogen-bond acceptors (Lipinski definition) is 4.